The summed E-state index contributed by atoms with van der Waals surface area (Å²) in [7, 11) is 0. The largest absolute Gasteiger partial charge is 0.396 e. The van der Waals surface area contributed by atoms with E-state index in [1.54, 1.807) is 0 Å². The Morgan fingerprint density at radius 2 is 2.07 bits per heavy atom. The molecule has 78 valence electrons. The van der Waals surface area contributed by atoms with E-state index < -0.39 is 11.6 Å². The number of rotatable bonds is 0. The van der Waals surface area contributed by atoms with Crippen molar-refractivity contribution in [2.75, 3.05) is 5.73 Å². The van der Waals surface area contributed by atoms with Crippen LogP contribution in [0.15, 0.2) is 12.3 Å². The highest BCUT2D eigenvalue weighted by Crippen LogP contribution is 2.32. The van der Waals surface area contributed by atoms with E-state index in [-0.39, 0.29) is 27.2 Å². The fraction of sp³-hybridized carbons (Fsp3) is 0.100. The van der Waals surface area contributed by atoms with E-state index in [9.17, 15) is 8.78 Å². The average Bonchev–Trinajstić information content (AvgIpc) is 2.19. The number of nitrogens with zero attached hydrogens (tertiary/aromatic N) is 1. The van der Waals surface area contributed by atoms with Gasteiger partial charge in [-0.25, -0.2) is 8.78 Å². The molecule has 0 bridgehead atoms. The molecule has 0 fully saturated rings. The van der Waals surface area contributed by atoms with Gasteiger partial charge in [-0.1, -0.05) is 11.6 Å². The maximum atomic E-state index is 13.7. The van der Waals surface area contributed by atoms with E-state index >= 15 is 0 Å². The van der Waals surface area contributed by atoms with Gasteiger partial charge >= 0.3 is 0 Å². The fourth-order valence-corrected chi connectivity index (χ4v) is 1.63. The molecular weight excluding hydrogens is 222 g/mol. The van der Waals surface area contributed by atoms with E-state index in [2.05, 4.69) is 4.98 Å². The zero-order chi connectivity index (χ0) is 11.2. The topological polar surface area (TPSA) is 38.9 Å². The van der Waals surface area contributed by atoms with Crippen molar-refractivity contribution in [2.24, 2.45) is 0 Å². The van der Waals surface area contributed by atoms with Crippen molar-refractivity contribution in [1.82, 2.24) is 4.98 Å². The number of nitrogen functional groups attached to an aromatic ring is 1. The molecule has 2 aromatic rings. The number of aromatic nitrogens is 1. The number of anilines is 1. The molecule has 0 unspecified atom stereocenters. The highest BCUT2D eigenvalue weighted by molar-refractivity contribution is 6.37. The van der Waals surface area contributed by atoms with Gasteiger partial charge in [-0.15, -0.1) is 0 Å². The maximum absolute atomic E-state index is 13.7. The molecule has 2 nitrogen and oxygen atoms in total. The minimum Gasteiger partial charge on any atom is -0.396 e. The second-order valence-electron chi connectivity index (χ2n) is 3.24. The lowest BCUT2D eigenvalue weighted by atomic mass is 10.1. The predicted molar refractivity (Wildman–Crippen MR) is 55.8 cm³/mol. The smallest absolute Gasteiger partial charge is 0.149 e. The second-order valence-corrected chi connectivity index (χ2v) is 3.62. The minimum absolute atomic E-state index is 0.0000926. The van der Waals surface area contributed by atoms with Crippen molar-refractivity contribution in [3.05, 3.63) is 34.5 Å². The molecule has 5 heteroatoms. The fourth-order valence-electron chi connectivity index (χ4n) is 1.40. The van der Waals surface area contributed by atoms with E-state index in [4.69, 9.17) is 17.3 Å². The molecule has 0 aliphatic heterocycles. The first-order valence-corrected chi connectivity index (χ1v) is 4.58. The number of pyridine rings is 1. The van der Waals surface area contributed by atoms with Crippen LogP contribution < -0.4 is 5.73 Å². The standard InChI is InChI=1S/C10H7ClF2N2/c1-4-2-5(12)10-7(9(4)13)8(11)6(14)3-15-10/h2-3H,14H2,1H3. The molecule has 2 rings (SSSR count). The van der Waals surface area contributed by atoms with Crippen LogP contribution in [0.1, 0.15) is 5.56 Å². The summed E-state index contributed by atoms with van der Waals surface area (Å²) in [5.41, 5.74) is 5.68. The second kappa shape index (κ2) is 3.31. The molecule has 1 aromatic carbocycles. The van der Waals surface area contributed by atoms with E-state index in [1.807, 2.05) is 0 Å². The highest BCUT2D eigenvalue weighted by atomic mass is 35.5. The molecule has 0 saturated heterocycles. The SMILES string of the molecule is Cc1cc(F)c2ncc(N)c(Cl)c2c1F. The van der Waals surface area contributed by atoms with E-state index in [0.717, 1.165) is 6.07 Å². The van der Waals surface area contributed by atoms with Crippen LogP contribution in [-0.4, -0.2) is 4.98 Å². The molecule has 0 saturated carbocycles. The molecule has 1 heterocycles. The normalized spacial score (nSPS) is 10.9. The van der Waals surface area contributed by atoms with Crippen molar-refractivity contribution in [2.45, 2.75) is 6.92 Å². The molecule has 0 radical (unpaired) electrons. The summed E-state index contributed by atoms with van der Waals surface area (Å²) >= 11 is 5.80. The van der Waals surface area contributed by atoms with Gasteiger partial charge in [0.15, 0.2) is 0 Å². The molecule has 0 atom stereocenters. The maximum Gasteiger partial charge on any atom is 0.149 e. The van der Waals surface area contributed by atoms with Gasteiger partial charge < -0.3 is 5.73 Å². The minimum atomic E-state index is -0.606. The summed E-state index contributed by atoms with van der Waals surface area (Å²) in [6.07, 6.45) is 1.21. The third-order valence-electron chi connectivity index (χ3n) is 2.18. The number of nitrogens with two attached hydrogens (primary N) is 1. The number of fused-ring (bicyclic) bond motifs is 1. The monoisotopic (exact) mass is 228 g/mol. The molecule has 0 spiro atoms. The summed E-state index contributed by atoms with van der Waals surface area (Å²) in [4.78, 5) is 3.72. The Kier molecular flexibility index (Phi) is 2.23. The summed E-state index contributed by atoms with van der Waals surface area (Å²) in [5, 5.41) is -0.0609. The Morgan fingerprint density at radius 1 is 1.40 bits per heavy atom. The van der Waals surface area contributed by atoms with Crippen molar-refractivity contribution in [3.8, 4) is 0 Å². The van der Waals surface area contributed by atoms with Crippen LogP contribution in [-0.2, 0) is 0 Å². The average molecular weight is 229 g/mol. The van der Waals surface area contributed by atoms with Gasteiger partial charge in [0.25, 0.3) is 0 Å². The van der Waals surface area contributed by atoms with Crippen LogP contribution in [0.5, 0.6) is 0 Å². The van der Waals surface area contributed by atoms with Crippen LogP contribution in [0.3, 0.4) is 0 Å². The summed E-state index contributed by atoms with van der Waals surface area (Å²) in [6, 6.07) is 1.08. The first kappa shape index (κ1) is 10.1. The quantitative estimate of drug-likeness (QED) is 0.753. The molecular formula is C10H7ClF2N2. The van der Waals surface area contributed by atoms with Crippen LogP contribution >= 0.6 is 11.6 Å². The lowest BCUT2D eigenvalue weighted by Gasteiger charge is -2.07. The van der Waals surface area contributed by atoms with E-state index in [0.29, 0.717) is 0 Å². The van der Waals surface area contributed by atoms with Gasteiger partial charge in [0.05, 0.1) is 22.3 Å². The van der Waals surface area contributed by atoms with Crippen molar-refractivity contribution in [3.63, 3.8) is 0 Å². The molecule has 2 N–H and O–H groups in total. The van der Waals surface area contributed by atoms with Crippen molar-refractivity contribution < 1.29 is 8.78 Å². The van der Waals surface area contributed by atoms with E-state index in [1.165, 1.54) is 13.1 Å². The molecule has 0 amide bonds. The van der Waals surface area contributed by atoms with Gasteiger partial charge in [-0.3, -0.25) is 4.98 Å². The van der Waals surface area contributed by atoms with Gasteiger partial charge in [-0.2, -0.15) is 0 Å². The van der Waals surface area contributed by atoms with Crippen LogP contribution in [0.4, 0.5) is 14.5 Å². The zero-order valence-corrected chi connectivity index (χ0v) is 8.57. The Morgan fingerprint density at radius 3 is 2.73 bits per heavy atom. The first-order chi connectivity index (χ1) is 7.02. The Labute approximate surface area is 89.7 Å². The number of hydrogen-bond donors (Lipinski definition) is 1. The van der Waals surface area contributed by atoms with Gasteiger partial charge in [0.2, 0.25) is 0 Å². The Bertz CT molecular complexity index is 547. The molecule has 0 aliphatic carbocycles. The number of halogens is 3. The van der Waals surface area contributed by atoms with Crippen LogP contribution in [0.2, 0.25) is 5.02 Å². The summed E-state index contributed by atoms with van der Waals surface area (Å²) in [6.45, 7) is 1.46. The lowest BCUT2D eigenvalue weighted by molar-refractivity contribution is 0.608. The number of hydrogen-bond acceptors (Lipinski definition) is 2. The predicted octanol–water partition coefficient (Wildman–Crippen LogP) is 3.06. The third-order valence-corrected chi connectivity index (χ3v) is 2.58. The molecule has 0 aliphatic rings. The third kappa shape index (κ3) is 1.41. The van der Waals surface area contributed by atoms with Gasteiger partial charge in [0, 0.05) is 0 Å². The van der Waals surface area contributed by atoms with Gasteiger partial charge in [-0.05, 0) is 18.6 Å². The number of aryl methyl sites for hydroxylation is 1. The van der Waals surface area contributed by atoms with Crippen LogP contribution in [0.25, 0.3) is 10.9 Å². The molecule has 15 heavy (non-hydrogen) atoms. The Balaban J connectivity index is 3.04. The zero-order valence-electron chi connectivity index (χ0n) is 7.81. The lowest BCUT2D eigenvalue weighted by Crippen LogP contribution is -1.96. The first-order valence-electron chi connectivity index (χ1n) is 4.20. The van der Waals surface area contributed by atoms with Crippen molar-refractivity contribution in [1.29, 1.82) is 0 Å². The Hall–Kier alpha value is -1.42. The van der Waals surface area contributed by atoms with Gasteiger partial charge in [0.1, 0.15) is 17.2 Å². The van der Waals surface area contributed by atoms with Crippen LogP contribution in [0, 0.1) is 18.6 Å². The summed E-state index contributed by atoms with van der Waals surface area (Å²) < 4.78 is 27.1. The summed E-state index contributed by atoms with van der Waals surface area (Å²) in [5.74, 6) is -1.19. The molecule has 1 aromatic heterocycles. The van der Waals surface area contributed by atoms with Crippen molar-refractivity contribution >= 4 is 28.2 Å². The highest BCUT2D eigenvalue weighted by Gasteiger charge is 2.15. The number of benzene rings is 1.